The van der Waals surface area contributed by atoms with Gasteiger partial charge in [0.1, 0.15) is 0 Å². The van der Waals surface area contributed by atoms with Crippen LogP contribution >= 0.6 is 11.6 Å². The number of halogens is 1. The first-order valence-corrected chi connectivity index (χ1v) is 9.12. The summed E-state index contributed by atoms with van der Waals surface area (Å²) >= 11 is 5.96. The van der Waals surface area contributed by atoms with E-state index in [1.165, 1.54) is 5.69 Å². The number of ether oxygens (including phenoxy) is 3. The van der Waals surface area contributed by atoms with Gasteiger partial charge in [-0.15, -0.1) is 0 Å². The largest absolute Gasteiger partial charge is 0.493 e. The Kier molecular flexibility index (Phi) is 6.29. The molecule has 144 valence electrons. The Hall–Kier alpha value is -2.60. The monoisotopic (exact) mass is 389 g/mol. The molecule has 0 atom stereocenters. The minimum atomic E-state index is 0.578. The van der Waals surface area contributed by atoms with Gasteiger partial charge in [0.25, 0.3) is 0 Å². The Morgan fingerprint density at radius 2 is 1.48 bits per heavy atom. The third-order valence-electron chi connectivity index (χ3n) is 4.50. The number of piperazine rings is 1. The third-order valence-corrected chi connectivity index (χ3v) is 4.76. The molecule has 0 radical (unpaired) electrons. The van der Waals surface area contributed by atoms with Crippen molar-refractivity contribution in [2.24, 2.45) is 5.10 Å². The quantitative estimate of drug-likeness (QED) is 0.707. The molecule has 0 unspecified atom stereocenters. The van der Waals surface area contributed by atoms with Crippen molar-refractivity contribution in [2.75, 3.05) is 52.4 Å². The van der Waals surface area contributed by atoms with Crippen molar-refractivity contribution in [3.63, 3.8) is 0 Å². The van der Waals surface area contributed by atoms with Gasteiger partial charge in [-0.25, -0.2) is 0 Å². The Bertz CT molecular complexity index is 763. The second-order valence-corrected chi connectivity index (χ2v) is 6.56. The number of methoxy groups -OCH3 is 3. The van der Waals surface area contributed by atoms with Crippen LogP contribution in [0.1, 0.15) is 5.56 Å². The standard InChI is InChI=1S/C20H24ClN3O3/c1-25-18-12-15(13-19(26-2)20(18)27-3)14-22-24-10-8-23(9-11-24)17-6-4-16(21)5-7-17/h4-7,12-14H,8-11H2,1-3H3. The minimum absolute atomic E-state index is 0.578. The lowest BCUT2D eigenvalue weighted by Gasteiger charge is -2.34. The summed E-state index contributed by atoms with van der Waals surface area (Å²) < 4.78 is 16.1. The van der Waals surface area contributed by atoms with Crippen molar-refractivity contribution in [1.82, 2.24) is 5.01 Å². The number of hydrogen-bond acceptors (Lipinski definition) is 6. The third kappa shape index (κ3) is 4.57. The van der Waals surface area contributed by atoms with Crippen LogP contribution in [0, 0.1) is 0 Å². The molecule has 1 heterocycles. The number of anilines is 1. The van der Waals surface area contributed by atoms with Crippen LogP contribution in [0.4, 0.5) is 5.69 Å². The van der Waals surface area contributed by atoms with Gasteiger partial charge in [-0.2, -0.15) is 5.10 Å². The Morgan fingerprint density at radius 1 is 0.889 bits per heavy atom. The van der Waals surface area contributed by atoms with Crippen LogP contribution < -0.4 is 19.1 Å². The van der Waals surface area contributed by atoms with E-state index in [2.05, 4.69) is 27.1 Å². The first kappa shape index (κ1) is 19.2. The minimum Gasteiger partial charge on any atom is -0.493 e. The molecule has 0 saturated carbocycles. The zero-order valence-corrected chi connectivity index (χ0v) is 16.6. The molecule has 27 heavy (non-hydrogen) atoms. The van der Waals surface area contributed by atoms with Crippen molar-refractivity contribution in [3.8, 4) is 17.2 Å². The second kappa shape index (κ2) is 8.86. The summed E-state index contributed by atoms with van der Waals surface area (Å²) in [6, 6.07) is 11.7. The predicted molar refractivity (Wildman–Crippen MR) is 109 cm³/mol. The molecule has 2 aromatic carbocycles. The lowest BCUT2D eigenvalue weighted by atomic mass is 10.2. The SMILES string of the molecule is COc1cc(C=NN2CCN(c3ccc(Cl)cc3)CC2)cc(OC)c1OC. The van der Waals surface area contributed by atoms with E-state index < -0.39 is 0 Å². The van der Waals surface area contributed by atoms with Crippen LogP contribution in [0.3, 0.4) is 0 Å². The number of hydrogen-bond donors (Lipinski definition) is 0. The van der Waals surface area contributed by atoms with Crippen molar-refractivity contribution < 1.29 is 14.2 Å². The van der Waals surface area contributed by atoms with Crippen molar-refractivity contribution >= 4 is 23.5 Å². The van der Waals surface area contributed by atoms with Crippen LogP contribution in [0.15, 0.2) is 41.5 Å². The van der Waals surface area contributed by atoms with E-state index in [0.717, 1.165) is 36.8 Å². The van der Waals surface area contributed by atoms with Gasteiger partial charge in [0.2, 0.25) is 5.75 Å². The number of hydrazone groups is 1. The summed E-state index contributed by atoms with van der Waals surface area (Å²) in [5.74, 6) is 1.81. The van der Waals surface area contributed by atoms with E-state index in [0.29, 0.717) is 17.2 Å². The highest BCUT2D eigenvalue weighted by Gasteiger charge is 2.16. The van der Waals surface area contributed by atoms with Gasteiger partial charge in [0.05, 0.1) is 40.6 Å². The molecule has 1 fully saturated rings. The maximum Gasteiger partial charge on any atom is 0.203 e. The molecular weight excluding hydrogens is 366 g/mol. The maximum absolute atomic E-state index is 5.96. The molecule has 0 amide bonds. The van der Waals surface area contributed by atoms with Crippen molar-refractivity contribution in [2.45, 2.75) is 0 Å². The summed E-state index contributed by atoms with van der Waals surface area (Å²) in [7, 11) is 4.80. The summed E-state index contributed by atoms with van der Waals surface area (Å²) in [6.07, 6.45) is 1.82. The Morgan fingerprint density at radius 3 is 2.00 bits per heavy atom. The first-order chi connectivity index (χ1) is 13.1. The first-order valence-electron chi connectivity index (χ1n) is 8.74. The number of nitrogens with zero attached hydrogens (tertiary/aromatic N) is 3. The van der Waals surface area contributed by atoms with Crippen molar-refractivity contribution in [3.05, 3.63) is 47.0 Å². The predicted octanol–water partition coefficient (Wildman–Crippen LogP) is 3.52. The highest BCUT2D eigenvalue weighted by Crippen LogP contribution is 2.37. The van der Waals surface area contributed by atoms with E-state index >= 15 is 0 Å². The summed E-state index contributed by atoms with van der Waals surface area (Å²) in [5.41, 5.74) is 2.08. The van der Waals surface area contributed by atoms with Gasteiger partial charge in [0, 0.05) is 29.4 Å². The molecule has 0 aromatic heterocycles. The van der Waals surface area contributed by atoms with E-state index in [1.807, 2.05) is 30.5 Å². The average Bonchev–Trinajstić information content (AvgIpc) is 2.72. The van der Waals surface area contributed by atoms with Gasteiger partial charge in [-0.1, -0.05) is 11.6 Å². The molecule has 0 spiro atoms. The second-order valence-electron chi connectivity index (χ2n) is 6.12. The van der Waals surface area contributed by atoms with Crippen LogP contribution in [0.5, 0.6) is 17.2 Å². The van der Waals surface area contributed by atoms with Gasteiger partial charge in [-0.05, 0) is 36.4 Å². The molecule has 0 aliphatic carbocycles. The van der Waals surface area contributed by atoms with Crippen LogP contribution in [0.2, 0.25) is 5.02 Å². The molecule has 1 aliphatic rings. The summed E-state index contributed by atoms with van der Waals surface area (Å²) in [5, 5.41) is 7.43. The lowest BCUT2D eigenvalue weighted by molar-refractivity contribution is 0.272. The van der Waals surface area contributed by atoms with Gasteiger partial charge in [-0.3, -0.25) is 5.01 Å². The number of benzene rings is 2. The van der Waals surface area contributed by atoms with E-state index in [9.17, 15) is 0 Å². The van der Waals surface area contributed by atoms with Crippen LogP contribution in [0.25, 0.3) is 0 Å². The topological polar surface area (TPSA) is 46.5 Å². The van der Waals surface area contributed by atoms with Crippen LogP contribution in [-0.2, 0) is 0 Å². The van der Waals surface area contributed by atoms with Gasteiger partial charge < -0.3 is 19.1 Å². The Labute approximate surface area is 164 Å². The molecule has 1 aliphatic heterocycles. The Balaban J connectivity index is 1.65. The van der Waals surface area contributed by atoms with E-state index in [-0.39, 0.29) is 0 Å². The van der Waals surface area contributed by atoms with E-state index in [1.54, 1.807) is 21.3 Å². The van der Waals surface area contributed by atoms with Crippen molar-refractivity contribution in [1.29, 1.82) is 0 Å². The normalized spacial score (nSPS) is 14.5. The smallest absolute Gasteiger partial charge is 0.203 e. The van der Waals surface area contributed by atoms with Gasteiger partial charge >= 0.3 is 0 Å². The molecule has 3 rings (SSSR count). The molecule has 1 saturated heterocycles. The fourth-order valence-corrected chi connectivity index (χ4v) is 3.17. The average molecular weight is 390 g/mol. The highest BCUT2D eigenvalue weighted by atomic mass is 35.5. The van der Waals surface area contributed by atoms with E-state index in [4.69, 9.17) is 25.8 Å². The molecular formula is C20H24ClN3O3. The molecule has 7 heteroatoms. The summed E-state index contributed by atoms with van der Waals surface area (Å²) in [6.45, 7) is 3.52. The molecule has 2 aromatic rings. The zero-order chi connectivity index (χ0) is 19.2. The lowest BCUT2D eigenvalue weighted by Crippen LogP contribution is -2.44. The summed E-state index contributed by atoms with van der Waals surface area (Å²) in [4.78, 5) is 2.34. The van der Waals surface area contributed by atoms with Gasteiger partial charge in [0.15, 0.2) is 11.5 Å². The molecule has 6 nitrogen and oxygen atoms in total. The number of rotatable bonds is 6. The zero-order valence-electron chi connectivity index (χ0n) is 15.8. The molecule has 0 bridgehead atoms. The maximum atomic E-state index is 5.96. The molecule has 0 N–H and O–H groups in total. The van der Waals surface area contributed by atoms with Crippen LogP contribution in [-0.4, -0.2) is 58.7 Å². The highest BCUT2D eigenvalue weighted by molar-refractivity contribution is 6.30. The fourth-order valence-electron chi connectivity index (χ4n) is 3.05. The fraction of sp³-hybridized carbons (Fsp3) is 0.350.